The van der Waals surface area contributed by atoms with E-state index in [1.54, 1.807) is 27.9 Å². The van der Waals surface area contributed by atoms with Crippen LogP contribution in [0.3, 0.4) is 0 Å². The average molecular weight is 495 g/mol. The monoisotopic (exact) mass is 494 g/mol. The highest BCUT2D eigenvalue weighted by Gasteiger charge is 2.31. The second-order valence-electron chi connectivity index (χ2n) is 8.22. The van der Waals surface area contributed by atoms with Crippen molar-refractivity contribution >= 4 is 38.3 Å². The minimum Gasteiger partial charge on any atom is -0.336 e. The lowest BCUT2D eigenvalue weighted by atomic mass is 10.1. The molecule has 7 nitrogen and oxygen atoms in total. The molecule has 5 rings (SSSR count). The zero-order chi connectivity index (χ0) is 23.7. The maximum Gasteiger partial charge on any atom is 0.257 e. The summed E-state index contributed by atoms with van der Waals surface area (Å²) in [6, 6.07) is 20.3. The molecule has 1 aromatic heterocycles. The van der Waals surface area contributed by atoms with Crippen LogP contribution in [0.4, 0.5) is 0 Å². The summed E-state index contributed by atoms with van der Waals surface area (Å²) in [5.74, 6) is -0.159. The standard InChI is InChI=1S/C25H23ClN4O3S/c26-24-8-4-3-7-21(24)17-29-18-22(16-27-29)25(31)28-11-13-30(14-12-28)34(32,33)23-10-9-19-5-1-2-6-20(19)15-23/h1-10,15-16,18H,11-14,17H2. The van der Waals surface area contributed by atoms with Crippen LogP contribution in [-0.4, -0.2) is 59.5 Å². The van der Waals surface area contributed by atoms with Crippen LogP contribution >= 0.6 is 11.6 Å². The number of amides is 1. The summed E-state index contributed by atoms with van der Waals surface area (Å²) < 4.78 is 29.5. The van der Waals surface area contributed by atoms with E-state index >= 15 is 0 Å². The Morgan fingerprint density at radius 2 is 1.62 bits per heavy atom. The number of hydrogen-bond acceptors (Lipinski definition) is 4. The first-order valence-corrected chi connectivity index (χ1v) is 12.8. The Bertz CT molecular complexity index is 1460. The van der Waals surface area contributed by atoms with Gasteiger partial charge >= 0.3 is 0 Å². The van der Waals surface area contributed by atoms with Crippen molar-refractivity contribution in [2.24, 2.45) is 0 Å². The number of sulfonamides is 1. The van der Waals surface area contributed by atoms with E-state index in [0.29, 0.717) is 30.2 Å². The van der Waals surface area contributed by atoms with Crippen LogP contribution in [0.25, 0.3) is 10.8 Å². The molecule has 0 radical (unpaired) electrons. The second kappa shape index (κ2) is 9.21. The average Bonchev–Trinajstić information content (AvgIpc) is 3.33. The lowest BCUT2D eigenvalue weighted by Gasteiger charge is -2.33. The van der Waals surface area contributed by atoms with Gasteiger partial charge in [-0.3, -0.25) is 9.48 Å². The first kappa shape index (κ1) is 22.6. The fourth-order valence-electron chi connectivity index (χ4n) is 4.15. The minimum atomic E-state index is -3.64. The Morgan fingerprint density at radius 3 is 2.38 bits per heavy atom. The Morgan fingerprint density at radius 1 is 0.912 bits per heavy atom. The van der Waals surface area contributed by atoms with Crippen LogP contribution in [-0.2, 0) is 16.6 Å². The Hall–Kier alpha value is -3.20. The van der Waals surface area contributed by atoms with E-state index in [9.17, 15) is 13.2 Å². The maximum atomic E-state index is 13.2. The van der Waals surface area contributed by atoms with Crippen LogP contribution in [0.1, 0.15) is 15.9 Å². The molecule has 34 heavy (non-hydrogen) atoms. The van der Waals surface area contributed by atoms with Crippen molar-refractivity contribution < 1.29 is 13.2 Å². The molecular weight excluding hydrogens is 472 g/mol. The lowest BCUT2D eigenvalue weighted by Crippen LogP contribution is -2.50. The van der Waals surface area contributed by atoms with Gasteiger partial charge in [0.1, 0.15) is 0 Å². The van der Waals surface area contributed by atoms with Gasteiger partial charge in [-0.05, 0) is 34.5 Å². The predicted octanol–water partition coefficient (Wildman–Crippen LogP) is 3.88. The number of fused-ring (bicyclic) bond motifs is 1. The van der Waals surface area contributed by atoms with Crippen LogP contribution in [0.2, 0.25) is 5.02 Å². The molecule has 4 aromatic rings. The predicted molar refractivity (Wildman–Crippen MR) is 131 cm³/mol. The van der Waals surface area contributed by atoms with E-state index in [2.05, 4.69) is 5.10 Å². The van der Waals surface area contributed by atoms with Crippen molar-refractivity contribution in [2.75, 3.05) is 26.2 Å². The molecule has 3 aromatic carbocycles. The number of benzene rings is 3. The zero-order valence-electron chi connectivity index (χ0n) is 18.3. The Balaban J connectivity index is 1.24. The van der Waals surface area contributed by atoms with E-state index < -0.39 is 10.0 Å². The molecule has 1 aliphatic rings. The van der Waals surface area contributed by atoms with Gasteiger partial charge in [0.2, 0.25) is 10.0 Å². The molecule has 9 heteroatoms. The fraction of sp³-hybridized carbons (Fsp3) is 0.200. The topological polar surface area (TPSA) is 75.5 Å². The lowest BCUT2D eigenvalue weighted by molar-refractivity contribution is 0.0698. The molecule has 0 bridgehead atoms. The molecule has 2 heterocycles. The van der Waals surface area contributed by atoms with Gasteiger partial charge in [0, 0.05) is 37.4 Å². The number of rotatable bonds is 5. The van der Waals surface area contributed by atoms with Crippen molar-refractivity contribution in [1.82, 2.24) is 19.0 Å². The first-order valence-electron chi connectivity index (χ1n) is 11.0. The molecule has 1 amide bonds. The molecule has 0 saturated carbocycles. The van der Waals surface area contributed by atoms with E-state index in [1.165, 1.54) is 10.5 Å². The van der Waals surface area contributed by atoms with E-state index in [0.717, 1.165) is 16.3 Å². The maximum absolute atomic E-state index is 13.2. The molecular formula is C25H23ClN4O3S. The molecule has 0 N–H and O–H groups in total. The summed E-state index contributed by atoms with van der Waals surface area (Å²) in [7, 11) is -3.64. The fourth-order valence-corrected chi connectivity index (χ4v) is 5.81. The quantitative estimate of drug-likeness (QED) is 0.422. The van der Waals surface area contributed by atoms with Gasteiger partial charge in [0.05, 0.1) is 23.2 Å². The third-order valence-electron chi connectivity index (χ3n) is 6.05. The highest BCUT2D eigenvalue weighted by molar-refractivity contribution is 7.89. The van der Waals surface area contributed by atoms with Crippen molar-refractivity contribution in [2.45, 2.75) is 11.4 Å². The van der Waals surface area contributed by atoms with Crippen molar-refractivity contribution in [1.29, 1.82) is 0 Å². The van der Waals surface area contributed by atoms with E-state index in [1.807, 2.05) is 54.6 Å². The first-order chi connectivity index (χ1) is 16.4. The highest BCUT2D eigenvalue weighted by Crippen LogP contribution is 2.23. The Kier molecular flexibility index (Phi) is 6.12. The van der Waals surface area contributed by atoms with Gasteiger partial charge in [0.15, 0.2) is 0 Å². The number of carbonyl (C=O) groups is 1. The summed E-state index contributed by atoms with van der Waals surface area (Å²) in [6.45, 7) is 1.59. The van der Waals surface area contributed by atoms with Gasteiger partial charge in [-0.25, -0.2) is 8.42 Å². The zero-order valence-corrected chi connectivity index (χ0v) is 19.9. The van der Waals surface area contributed by atoms with Gasteiger partial charge in [-0.2, -0.15) is 9.40 Å². The molecule has 0 atom stereocenters. The van der Waals surface area contributed by atoms with Crippen LogP contribution in [0.5, 0.6) is 0 Å². The molecule has 0 spiro atoms. The largest absolute Gasteiger partial charge is 0.336 e. The van der Waals surface area contributed by atoms with Crippen molar-refractivity contribution in [3.8, 4) is 0 Å². The normalized spacial score (nSPS) is 15.0. The third-order valence-corrected chi connectivity index (χ3v) is 8.32. The minimum absolute atomic E-state index is 0.159. The molecule has 1 saturated heterocycles. The SMILES string of the molecule is O=C(c1cnn(Cc2ccccc2Cl)c1)N1CCN(S(=O)(=O)c2ccc3ccccc3c2)CC1. The van der Waals surface area contributed by atoms with Crippen molar-refractivity contribution in [3.05, 3.63) is 95.3 Å². The second-order valence-corrected chi connectivity index (χ2v) is 10.6. The van der Waals surface area contributed by atoms with E-state index in [-0.39, 0.29) is 23.9 Å². The summed E-state index contributed by atoms with van der Waals surface area (Å²) >= 11 is 6.22. The number of aromatic nitrogens is 2. The molecule has 1 aliphatic heterocycles. The number of hydrogen-bond donors (Lipinski definition) is 0. The van der Waals surface area contributed by atoms with Gasteiger partial charge in [-0.1, -0.05) is 60.1 Å². The summed E-state index contributed by atoms with van der Waals surface area (Å²) in [5.41, 5.74) is 1.39. The molecule has 1 fully saturated rings. The van der Waals surface area contributed by atoms with Gasteiger partial charge in [-0.15, -0.1) is 0 Å². The number of carbonyl (C=O) groups excluding carboxylic acids is 1. The number of halogens is 1. The summed E-state index contributed by atoms with van der Waals surface area (Å²) in [6.07, 6.45) is 3.24. The Labute approximate surface area is 203 Å². The van der Waals surface area contributed by atoms with Gasteiger partial charge < -0.3 is 4.90 Å². The van der Waals surface area contributed by atoms with Crippen LogP contribution < -0.4 is 0 Å². The van der Waals surface area contributed by atoms with Crippen molar-refractivity contribution in [3.63, 3.8) is 0 Å². The highest BCUT2D eigenvalue weighted by atomic mass is 35.5. The molecule has 174 valence electrons. The van der Waals surface area contributed by atoms with E-state index in [4.69, 9.17) is 11.6 Å². The molecule has 0 unspecified atom stereocenters. The molecule has 0 aliphatic carbocycles. The third kappa shape index (κ3) is 4.44. The summed E-state index contributed by atoms with van der Waals surface area (Å²) in [4.78, 5) is 14.9. The number of nitrogens with zero attached hydrogens (tertiary/aromatic N) is 4. The van der Waals surface area contributed by atoms with Crippen LogP contribution in [0, 0.1) is 0 Å². The van der Waals surface area contributed by atoms with Crippen LogP contribution in [0.15, 0.2) is 84.0 Å². The van der Waals surface area contributed by atoms with Gasteiger partial charge in [0.25, 0.3) is 5.91 Å². The smallest absolute Gasteiger partial charge is 0.257 e. The summed E-state index contributed by atoms with van der Waals surface area (Å²) in [5, 5.41) is 6.81. The number of piperazine rings is 1.